The number of benzene rings is 2. The first kappa shape index (κ1) is 21.8. The molecular formula is C27H32N2O4. The molecule has 2 heterocycles. The van der Waals surface area contributed by atoms with E-state index < -0.39 is 0 Å². The van der Waals surface area contributed by atoms with Gasteiger partial charge in [0.2, 0.25) is 5.91 Å². The minimum atomic E-state index is -0.204. The molecule has 2 amide bonds. The second-order valence-electron chi connectivity index (χ2n) is 9.48. The van der Waals surface area contributed by atoms with Crippen molar-refractivity contribution in [2.45, 2.75) is 50.6 Å². The number of carbonyl (C=O) groups is 2. The van der Waals surface area contributed by atoms with E-state index in [0.29, 0.717) is 36.1 Å². The number of carbonyl (C=O) groups excluding carboxylic acids is 2. The van der Waals surface area contributed by atoms with E-state index in [1.165, 1.54) is 5.56 Å². The Balaban J connectivity index is 1.31. The molecule has 2 aromatic carbocycles. The summed E-state index contributed by atoms with van der Waals surface area (Å²) in [5.41, 5.74) is 1.59. The Morgan fingerprint density at radius 1 is 0.970 bits per heavy atom. The predicted molar refractivity (Wildman–Crippen MR) is 125 cm³/mol. The fraction of sp³-hybridized carbons (Fsp3) is 0.481. The molecule has 0 N–H and O–H groups in total. The molecule has 5 rings (SSSR count). The van der Waals surface area contributed by atoms with Crippen molar-refractivity contribution >= 4 is 11.8 Å². The zero-order chi connectivity index (χ0) is 23.0. The molecule has 2 saturated heterocycles. The highest BCUT2D eigenvalue weighted by Gasteiger charge is 2.63. The fourth-order valence-electron chi connectivity index (χ4n) is 6.17. The van der Waals surface area contributed by atoms with Gasteiger partial charge >= 0.3 is 0 Å². The number of amides is 2. The Kier molecular flexibility index (Phi) is 5.77. The third-order valence-electron chi connectivity index (χ3n) is 7.86. The number of likely N-dealkylation sites (tertiary alicyclic amines) is 2. The molecule has 3 aliphatic rings. The maximum atomic E-state index is 13.5. The van der Waals surface area contributed by atoms with Crippen LogP contribution < -0.4 is 9.47 Å². The molecule has 0 radical (unpaired) electrons. The Bertz CT molecular complexity index is 1020. The van der Waals surface area contributed by atoms with Gasteiger partial charge < -0.3 is 19.3 Å². The predicted octanol–water partition coefficient (Wildman–Crippen LogP) is 4.45. The first-order chi connectivity index (χ1) is 16.1. The first-order valence-corrected chi connectivity index (χ1v) is 12.0. The third kappa shape index (κ3) is 3.56. The number of methoxy groups -OCH3 is 2. The van der Waals surface area contributed by atoms with Gasteiger partial charge in [0, 0.05) is 25.2 Å². The van der Waals surface area contributed by atoms with Crippen LogP contribution in [0.4, 0.5) is 0 Å². The summed E-state index contributed by atoms with van der Waals surface area (Å²) in [6, 6.07) is 16.1. The van der Waals surface area contributed by atoms with Crippen LogP contribution in [-0.4, -0.2) is 55.0 Å². The van der Waals surface area contributed by atoms with Gasteiger partial charge in [-0.25, -0.2) is 0 Å². The van der Waals surface area contributed by atoms with Crippen molar-refractivity contribution in [1.82, 2.24) is 9.80 Å². The van der Waals surface area contributed by atoms with Crippen LogP contribution in [0.25, 0.3) is 0 Å². The zero-order valence-corrected chi connectivity index (χ0v) is 19.5. The Hall–Kier alpha value is -3.02. The minimum Gasteiger partial charge on any atom is -0.497 e. The highest BCUT2D eigenvalue weighted by atomic mass is 16.5. The summed E-state index contributed by atoms with van der Waals surface area (Å²) in [6.45, 7) is 1.27. The smallest absolute Gasteiger partial charge is 0.257 e. The molecule has 0 bridgehead atoms. The van der Waals surface area contributed by atoms with E-state index in [1.807, 2.05) is 11.0 Å². The highest BCUT2D eigenvalue weighted by molar-refractivity contribution is 5.97. The Morgan fingerprint density at radius 3 is 2.30 bits per heavy atom. The van der Waals surface area contributed by atoms with Crippen molar-refractivity contribution in [1.29, 1.82) is 0 Å². The van der Waals surface area contributed by atoms with Gasteiger partial charge in [0.25, 0.3) is 5.91 Å². The molecule has 6 heteroatoms. The van der Waals surface area contributed by atoms with Gasteiger partial charge in [-0.15, -0.1) is 0 Å². The van der Waals surface area contributed by atoms with Crippen molar-refractivity contribution in [2.75, 3.05) is 27.3 Å². The van der Waals surface area contributed by atoms with Gasteiger partial charge in [-0.05, 0) is 43.4 Å². The number of nitrogens with zero attached hydrogens (tertiary/aromatic N) is 2. The van der Waals surface area contributed by atoms with Crippen LogP contribution in [0.5, 0.6) is 11.5 Å². The number of ether oxygens (including phenoxy) is 2. The van der Waals surface area contributed by atoms with E-state index in [0.717, 1.165) is 38.5 Å². The number of β-lactam (4-membered cyclic amide) rings is 1. The fourth-order valence-corrected chi connectivity index (χ4v) is 6.17. The van der Waals surface area contributed by atoms with Crippen molar-refractivity contribution in [3.8, 4) is 11.5 Å². The van der Waals surface area contributed by atoms with Crippen LogP contribution in [-0.2, 0) is 4.79 Å². The van der Waals surface area contributed by atoms with E-state index in [2.05, 4.69) is 29.2 Å². The normalized spacial score (nSPS) is 22.4. The molecule has 0 aromatic heterocycles. The molecule has 2 aliphatic heterocycles. The number of piperidine rings is 1. The SMILES string of the molecule is COc1ccc(C(=O)N2CCC(N3C(=O)C4(CCCC4)C3c3ccccc3)CC2)c(OC)c1. The zero-order valence-electron chi connectivity index (χ0n) is 19.5. The first-order valence-electron chi connectivity index (χ1n) is 12.0. The second-order valence-corrected chi connectivity index (χ2v) is 9.48. The summed E-state index contributed by atoms with van der Waals surface area (Å²) < 4.78 is 10.7. The summed E-state index contributed by atoms with van der Waals surface area (Å²) in [5, 5.41) is 0. The van der Waals surface area contributed by atoms with Crippen molar-refractivity contribution in [3.05, 3.63) is 59.7 Å². The van der Waals surface area contributed by atoms with Gasteiger partial charge in [-0.1, -0.05) is 43.2 Å². The van der Waals surface area contributed by atoms with Gasteiger partial charge in [0.05, 0.1) is 31.2 Å². The summed E-state index contributed by atoms with van der Waals surface area (Å²) in [4.78, 5) is 30.7. The summed E-state index contributed by atoms with van der Waals surface area (Å²) in [7, 11) is 3.16. The number of hydrogen-bond donors (Lipinski definition) is 0. The van der Waals surface area contributed by atoms with Crippen molar-refractivity contribution in [2.24, 2.45) is 5.41 Å². The summed E-state index contributed by atoms with van der Waals surface area (Å²) in [6.07, 6.45) is 5.87. The lowest BCUT2D eigenvalue weighted by molar-refractivity contribution is -0.180. The summed E-state index contributed by atoms with van der Waals surface area (Å²) in [5.74, 6) is 1.48. The van der Waals surface area contributed by atoms with E-state index in [-0.39, 0.29) is 23.4 Å². The third-order valence-corrected chi connectivity index (χ3v) is 7.86. The molecule has 1 aliphatic carbocycles. The molecule has 3 fully saturated rings. The van der Waals surface area contributed by atoms with Crippen LogP contribution in [0.3, 0.4) is 0 Å². The standard InChI is InChI=1S/C27H32N2O4/c1-32-21-10-11-22(23(18-21)33-2)25(30)28-16-12-20(13-17-28)29-24(19-8-4-3-5-9-19)27(26(29)31)14-6-7-15-27/h3-5,8-11,18,20,24H,6-7,12-17H2,1-2H3. The van der Waals surface area contributed by atoms with E-state index in [1.54, 1.807) is 32.4 Å². The van der Waals surface area contributed by atoms with Crippen LogP contribution in [0.15, 0.2) is 48.5 Å². The molecule has 2 aromatic rings. The Labute approximate surface area is 195 Å². The molecule has 1 saturated carbocycles. The van der Waals surface area contributed by atoms with Gasteiger partial charge in [-0.3, -0.25) is 9.59 Å². The van der Waals surface area contributed by atoms with Crippen LogP contribution in [0.2, 0.25) is 0 Å². The summed E-state index contributed by atoms with van der Waals surface area (Å²) >= 11 is 0. The lowest BCUT2D eigenvalue weighted by atomic mass is 9.65. The van der Waals surface area contributed by atoms with Crippen LogP contribution in [0, 0.1) is 5.41 Å². The van der Waals surface area contributed by atoms with Crippen LogP contribution >= 0.6 is 0 Å². The second kappa shape index (κ2) is 8.73. The van der Waals surface area contributed by atoms with E-state index >= 15 is 0 Å². The minimum absolute atomic E-state index is 0.0326. The molecular weight excluding hydrogens is 416 g/mol. The number of hydrogen-bond acceptors (Lipinski definition) is 4. The maximum Gasteiger partial charge on any atom is 0.257 e. The molecule has 174 valence electrons. The van der Waals surface area contributed by atoms with E-state index in [4.69, 9.17) is 9.47 Å². The average Bonchev–Trinajstić information content (AvgIpc) is 3.39. The lowest BCUT2D eigenvalue weighted by Crippen LogP contribution is -2.66. The topological polar surface area (TPSA) is 59.1 Å². The highest BCUT2D eigenvalue weighted by Crippen LogP contribution is 2.60. The van der Waals surface area contributed by atoms with Gasteiger partial charge in [-0.2, -0.15) is 0 Å². The van der Waals surface area contributed by atoms with Crippen molar-refractivity contribution in [3.63, 3.8) is 0 Å². The molecule has 1 atom stereocenters. The van der Waals surface area contributed by atoms with Gasteiger partial charge in [0.15, 0.2) is 0 Å². The van der Waals surface area contributed by atoms with Gasteiger partial charge in [0.1, 0.15) is 11.5 Å². The maximum absolute atomic E-state index is 13.5. The van der Waals surface area contributed by atoms with E-state index in [9.17, 15) is 9.59 Å². The monoisotopic (exact) mass is 448 g/mol. The Morgan fingerprint density at radius 2 is 1.67 bits per heavy atom. The quantitative estimate of drug-likeness (QED) is 0.634. The molecule has 33 heavy (non-hydrogen) atoms. The lowest BCUT2D eigenvalue weighted by Gasteiger charge is -2.59. The average molecular weight is 449 g/mol. The number of rotatable bonds is 5. The molecule has 6 nitrogen and oxygen atoms in total. The molecule has 1 unspecified atom stereocenters. The van der Waals surface area contributed by atoms with Crippen LogP contribution in [0.1, 0.15) is 60.5 Å². The largest absolute Gasteiger partial charge is 0.497 e. The van der Waals surface area contributed by atoms with Crippen molar-refractivity contribution < 1.29 is 19.1 Å². The molecule has 1 spiro atoms.